The summed E-state index contributed by atoms with van der Waals surface area (Å²) in [4.78, 5) is 36.6. The zero-order valence-electron chi connectivity index (χ0n) is 18.7. The topological polar surface area (TPSA) is 81.3 Å². The number of piperidine rings is 1. The minimum absolute atomic E-state index is 0.0622. The molecular formula is C25H28ClN5O2. The van der Waals surface area contributed by atoms with Gasteiger partial charge < -0.3 is 15.2 Å². The van der Waals surface area contributed by atoms with Crippen LogP contribution in [0, 0.1) is 0 Å². The number of nitrogens with one attached hydrogen (secondary N) is 2. The molecular weight excluding hydrogens is 438 g/mol. The third kappa shape index (κ3) is 4.35. The molecule has 2 saturated heterocycles. The molecule has 1 aromatic carbocycles. The van der Waals surface area contributed by atoms with Crippen molar-refractivity contribution in [3.05, 3.63) is 69.4 Å². The van der Waals surface area contributed by atoms with E-state index >= 15 is 0 Å². The molecule has 8 heteroatoms. The fraction of sp³-hybridized carbons (Fsp3) is 0.400. The molecule has 7 nitrogen and oxygen atoms in total. The van der Waals surface area contributed by atoms with Gasteiger partial charge in [-0.15, -0.1) is 0 Å². The van der Waals surface area contributed by atoms with Crippen molar-refractivity contribution in [1.82, 2.24) is 20.2 Å². The highest BCUT2D eigenvalue weighted by molar-refractivity contribution is 6.35. The SMILES string of the molecule is CNC(=O)c1ccc(N2CCC(N3CCC(c4cc5c(Cl)cccc5c(=O)[nH]4)C3)CC2)cn1. The van der Waals surface area contributed by atoms with Crippen LogP contribution in [0.1, 0.15) is 41.4 Å². The van der Waals surface area contributed by atoms with E-state index in [9.17, 15) is 9.59 Å². The van der Waals surface area contributed by atoms with Gasteiger partial charge in [0, 0.05) is 60.1 Å². The standard InChI is InChI=1S/C25H28ClN5O2/c1-27-25(33)22-6-5-18(14-28-22)30-11-8-17(9-12-30)31-10-7-16(15-31)23-13-20-19(24(32)29-23)3-2-4-21(20)26/h2-6,13-14,16-17H,7-12,15H2,1H3,(H,27,33)(H,29,32). The monoisotopic (exact) mass is 465 g/mol. The number of anilines is 1. The van der Waals surface area contributed by atoms with Crippen LogP contribution >= 0.6 is 11.6 Å². The molecule has 1 amide bonds. The van der Waals surface area contributed by atoms with Gasteiger partial charge in [0.1, 0.15) is 5.69 Å². The first-order chi connectivity index (χ1) is 16.0. The second-order valence-electron chi connectivity index (χ2n) is 8.93. The first-order valence-electron chi connectivity index (χ1n) is 11.5. The smallest absolute Gasteiger partial charge is 0.269 e. The molecule has 1 unspecified atom stereocenters. The molecule has 2 aliphatic heterocycles. The number of hydrogen-bond acceptors (Lipinski definition) is 5. The minimum Gasteiger partial charge on any atom is -0.370 e. The van der Waals surface area contributed by atoms with E-state index in [1.165, 1.54) is 0 Å². The van der Waals surface area contributed by atoms with Gasteiger partial charge in [-0.2, -0.15) is 0 Å². The summed E-state index contributed by atoms with van der Waals surface area (Å²) in [6.07, 6.45) is 5.00. The van der Waals surface area contributed by atoms with Crippen molar-refractivity contribution < 1.29 is 4.79 Å². The number of carbonyl (C=O) groups is 1. The van der Waals surface area contributed by atoms with Crippen molar-refractivity contribution in [2.75, 3.05) is 38.1 Å². The van der Waals surface area contributed by atoms with Crippen molar-refractivity contribution in [2.24, 2.45) is 0 Å². The molecule has 2 aromatic heterocycles. The highest BCUT2D eigenvalue weighted by Crippen LogP contribution is 2.32. The van der Waals surface area contributed by atoms with E-state index in [2.05, 4.69) is 31.2 Å². The second-order valence-corrected chi connectivity index (χ2v) is 9.34. The number of carbonyl (C=O) groups excluding carboxylic acids is 1. The summed E-state index contributed by atoms with van der Waals surface area (Å²) in [5, 5.41) is 4.70. The van der Waals surface area contributed by atoms with Crippen molar-refractivity contribution >= 4 is 34.0 Å². The maximum absolute atomic E-state index is 12.6. The van der Waals surface area contributed by atoms with Crippen molar-refractivity contribution in [1.29, 1.82) is 0 Å². The van der Waals surface area contributed by atoms with Gasteiger partial charge in [0.05, 0.1) is 11.9 Å². The van der Waals surface area contributed by atoms with Gasteiger partial charge in [-0.25, -0.2) is 4.98 Å². The average Bonchev–Trinajstić information content (AvgIpc) is 3.35. The number of hydrogen-bond donors (Lipinski definition) is 2. The number of fused-ring (bicyclic) bond motifs is 1. The summed E-state index contributed by atoms with van der Waals surface area (Å²) in [5.74, 6) is 0.150. The lowest BCUT2D eigenvalue weighted by atomic mass is 10.0. The number of nitrogens with zero attached hydrogens (tertiary/aromatic N) is 3. The number of aromatic nitrogens is 2. The van der Waals surface area contributed by atoms with Gasteiger partial charge in [0.25, 0.3) is 11.5 Å². The first kappa shape index (κ1) is 21.9. The summed E-state index contributed by atoms with van der Waals surface area (Å²) in [6.45, 7) is 3.93. The molecule has 0 saturated carbocycles. The first-order valence-corrected chi connectivity index (χ1v) is 11.9. The Kier molecular flexibility index (Phi) is 6.08. The van der Waals surface area contributed by atoms with Crippen molar-refractivity contribution in [2.45, 2.75) is 31.2 Å². The number of pyridine rings is 2. The molecule has 2 aliphatic rings. The quantitative estimate of drug-likeness (QED) is 0.617. The fourth-order valence-corrected chi connectivity index (χ4v) is 5.42. The van der Waals surface area contributed by atoms with Crippen LogP contribution in [0.5, 0.6) is 0 Å². The molecule has 2 N–H and O–H groups in total. The largest absolute Gasteiger partial charge is 0.370 e. The Bertz CT molecular complexity index is 1220. The van der Waals surface area contributed by atoms with Gasteiger partial charge in [0.15, 0.2) is 0 Å². The zero-order chi connectivity index (χ0) is 22.9. The number of rotatable bonds is 4. The van der Waals surface area contributed by atoms with Gasteiger partial charge in [-0.05, 0) is 56.1 Å². The van der Waals surface area contributed by atoms with Crippen LogP contribution in [0.15, 0.2) is 47.4 Å². The van der Waals surface area contributed by atoms with E-state index in [-0.39, 0.29) is 11.5 Å². The molecule has 3 aromatic rings. The molecule has 1 atom stereocenters. The Morgan fingerprint density at radius 3 is 2.67 bits per heavy atom. The van der Waals surface area contributed by atoms with E-state index in [4.69, 9.17) is 11.6 Å². The van der Waals surface area contributed by atoms with Gasteiger partial charge in [-0.1, -0.05) is 17.7 Å². The minimum atomic E-state index is -0.168. The van der Waals surface area contributed by atoms with Crippen LogP contribution in [0.3, 0.4) is 0 Å². The summed E-state index contributed by atoms with van der Waals surface area (Å²) in [6, 6.07) is 11.8. The van der Waals surface area contributed by atoms with E-state index in [0.29, 0.717) is 28.1 Å². The predicted octanol–water partition coefficient (Wildman–Crippen LogP) is 3.39. The normalized spacial score (nSPS) is 19.8. The molecule has 2 fully saturated rings. The van der Waals surface area contributed by atoms with Crippen molar-refractivity contribution in [3.8, 4) is 0 Å². The summed E-state index contributed by atoms with van der Waals surface area (Å²) in [7, 11) is 1.61. The van der Waals surface area contributed by atoms with Crippen LogP contribution in [0.2, 0.25) is 5.02 Å². The Hall–Kier alpha value is -2.90. The van der Waals surface area contributed by atoms with Crippen LogP contribution in [-0.4, -0.2) is 60.0 Å². The van der Waals surface area contributed by atoms with Crippen LogP contribution in [0.25, 0.3) is 10.8 Å². The maximum Gasteiger partial charge on any atom is 0.269 e. The van der Waals surface area contributed by atoms with E-state index in [1.807, 2.05) is 24.3 Å². The molecule has 172 valence electrons. The lowest BCUT2D eigenvalue weighted by molar-refractivity contribution is 0.0958. The predicted molar refractivity (Wildman–Crippen MR) is 131 cm³/mol. The Labute approximate surface area is 197 Å². The lowest BCUT2D eigenvalue weighted by Gasteiger charge is -2.37. The summed E-state index contributed by atoms with van der Waals surface area (Å²) >= 11 is 6.36. The van der Waals surface area contributed by atoms with Gasteiger partial charge in [0.2, 0.25) is 0 Å². The summed E-state index contributed by atoms with van der Waals surface area (Å²) < 4.78 is 0. The number of halogens is 1. The molecule has 33 heavy (non-hydrogen) atoms. The molecule has 0 aliphatic carbocycles. The lowest BCUT2D eigenvalue weighted by Crippen LogP contribution is -2.44. The Balaban J connectivity index is 1.22. The fourth-order valence-electron chi connectivity index (χ4n) is 5.19. The third-order valence-electron chi connectivity index (χ3n) is 7.07. The molecule has 4 heterocycles. The van der Waals surface area contributed by atoms with Gasteiger partial charge >= 0.3 is 0 Å². The number of benzene rings is 1. The van der Waals surface area contributed by atoms with E-state index in [0.717, 1.165) is 62.2 Å². The highest BCUT2D eigenvalue weighted by Gasteiger charge is 2.32. The second kappa shape index (κ2) is 9.15. The van der Waals surface area contributed by atoms with E-state index < -0.39 is 0 Å². The van der Waals surface area contributed by atoms with Crippen LogP contribution in [0.4, 0.5) is 5.69 Å². The Morgan fingerprint density at radius 2 is 1.94 bits per heavy atom. The number of likely N-dealkylation sites (tertiary alicyclic amines) is 1. The molecule has 0 spiro atoms. The number of H-pyrrole nitrogens is 1. The maximum atomic E-state index is 12.6. The number of amides is 1. The van der Waals surface area contributed by atoms with Crippen LogP contribution in [-0.2, 0) is 0 Å². The summed E-state index contributed by atoms with van der Waals surface area (Å²) in [5.41, 5.74) is 2.42. The van der Waals surface area contributed by atoms with Gasteiger partial charge in [-0.3, -0.25) is 14.5 Å². The molecule has 5 rings (SSSR count). The highest BCUT2D eigenvalue weighted by atomic mass is 35.5. The van der Waals surface area contributed by atoms with E-state index in [1.54, 1.807) is 19.3 Å². The van der Waals surface area contributed by atoms with Crippen molar-refractivity contribution in [3.63, 3.8) is 0 Å². The Morgan fingerprint density at radius 1 is 1.12 bits per heavy atom. The third-order valence-corrected chi connectivity index (χ3v) is 7.40. The van der Waals surface area contributed by atoms with Crippen LogP contribution < -0.4 is 15.8 Å². The molecule has 0 bridgehead atoms. The zero-order valence-corrected chi connectivity index (χ0v) is 19.4. The molecule has 0 radical (unpaired) electrons. The number of aromatic amines is 1. The average molecular weight is 466 g/mol.